The zero-order valence-electron chi connectivity index (χ0n) is 10.8. The normalized spacial score (nSPS) is 33.3. The van der Waals surface area contributed by atoms with Crippen LogP contribution in [0.25, 0.3) is 0 Å². The second-order valence-electron chi connectivity index (χ2n) is 5.26. The van der Waals surface area contributed by atoms with Crippen LogP contribution in [-0.2, 0) is 18.3 Å². The monoisotopic (exact) mass is 262 g/mol. The molecule has 5 heteroatoms. The number of epoxide rings is 1. The van der Waals surface area contributed by atoms with Gasteiger partial charge in [-0.3, -0.25) is 4.57 Å². The van der Waals surface area contributed by atoms with Crippen molar-refractivity contribution in [2.45, 2.75) is 57.2 Å². The third kappa shape index (κ3) is 3.54. The van der Waals surface area contributed by atoms with Crippen molar-refractivity contribution in [1.29, 1.82) is 0 Å². The molecule has 17 heavy (non-hydrogen) atoms. The van der Waals surface area contributed by atoms with Crippen LogP contribution in [0.5, 0.6) is 0 Å². The van der Waals surface area contributed by atoms with Crippen molar-refractivity contribution in [1.82, 2.24) is 0 Å². The lowest BCUT2D eigenvalue weighted by atomic mass is 10.0. The van der Waals surface area contributed by atoms with Gasteiger partial charge in [-0.2, -0.15) is 0 Å². The van der Waals surface area contributed by atoms with Crippen LogP contribution in [0.4, 0.5) is 0 Å². The highest BCUT2D eigenvalue weighted by Gasteiger charge is 2.44. The Balaban J connectivity index is 1.94. The van der Waals surface area contributed by atoms with Gasteiger partial charge in [-0.1, -0.05) is 19.3 Å². The lowest BCUT2D eigenvalue weighted by Gasteiger charge is -2.29. The van der Waals surface area contributed by atoms with Crippen LogP contribution in [0.2, 0.25) is 0 Å². The van der Waals surface area contributed by atoms with Gasteiger partial charge in [0.25, 0.3) is 0 Å². The minimum absolute atomic E-state index is 0.0959. The molecule has 1 aliphatic carbocycles. The summed E-state index contributed by atoms with van der Waals surface area (Å²) >= 11 is 0. The predicted octanol–water partition coefficient (Wildman–Crippen LogP) is 3.35. The van der Waals surface area contributed by atoms with E-state index in [1.165, 1.54) is 6.42 Å². The Kier molecular flexibility index (Phi) is 4.30. The van der Waals surface area contributed by atoms with Crippen molar-refractivity contribution < 1.29 is 18.3 Å². The average molecular weight is 262 g/mol. The van der Waals surface area contributed by atoms with E-state index in [-0.39, 0.29) is 11.3 Å². The molecule has 2 fully saturated rings. The van der Waals surface area contributed by atoms with Crippen molar-refractivity contribution in [3.05, 3.63) is 0 Å². The van der Waals surface area contributed by atoms with Crippen molar-refractivity contribution in [3.8, 4) is 0 Å². The Labute approximate surface area is 104 Å². The quantitative estimate of drug-likeness (QED) is 0.544. The topological polar surface area (TPSA) is 48.1 Å². The molecule has 0 aromatic carbocycles. The van der Waals surface area contributed by atoms with E-state index >= 15 is 0 Å². The Morgan fingerprint density at radius 1 is 1.29 bits per heavy atom. The van der Waals surface area contributed by atoms with E-state index in [1.54, 1.807) is 0 Å². The molecule has 100 valence electrons. The van der Waals surface area contributed by atoms with E-state index in [0.717, 1.165) is 25.7 Å². The molecule has 0 aromatic rings. The molecule has 0 aromatic heterocycles. The molecule has 1 heterocycles. The molecular formula is C12H23O4P. The first-order chi connectivity index (χ1) is 8.08. The van der Waals surface area contributed by atoms with Crippen LogP contribution in [0.15, 0.2) is 0 Å². The van der Waals surface area contributed by atoms with Gasteiger partial charge in [0.15, 0.2) is 0 Å². The summed E-state index contributed by atoms with van der Waals surface area (Å²) in [5.41, 5.74) is -0.125. The van der Waals surface area contributed by atoms with Gasteiger partial charge in [0, 0.05) is 0 Å². The molecule has 4 nitrogen and oxygen atoms in total. The lowest BCUT2D eigenvalue weighted by Crippen LogP contribution is -2.21. The second-order valence-corrected chi connectivity index (χ2v) is 7.59. The molecule has 1 aliphatic heterocycles. The van der Waals surface area contributed by atoms with Crippen LogP contribution in [-0.4, -0.2) is 31.1 Å². The van der Waals surface area contributed by atoms with E-state index in [0.29, 0.717) is 19.8 Å². The SMILES string of the molecule is CCOP(=O)(OCC1(C)CO1)C1CCCCC1. The van der Waals surface area contributed by atoms with E-state index < -0.39 is 7.60 Å². The first kappa shape index (κ1) is 13.5. The molecule has 0 bridgehead atoms. The second kappa shape index (κ2) is 5.40. The van der Waals surface area contributed by atoms with E-state index in [4.69, 9.17) is 13.8 Å². The van der Waals surface area contributed by atoms with Gasteiger partial charge in [0.05, 0.1) is 25.5 Å². The van der Waals surface area contributed by atoms with Gasteiger partial charge in [-0.15, -0.1) is 0 Å². The third-order valence-electron chi connectivity index (χ3n) is 3.52. The molecule has 0 N–H and O–H groups in total. The highest BCUT2D eigenvalue weighted by Crippen LogP contribution is 2.58. The van der Waals surface area contributed by atoms with Crippen LogP contribution in [0.3, 0.4) is 0 Å². The van der Waals surface area contributed by atoms with Gasteiger partial charge in [-0.05, 0) is 26.7 Å². The predicted molar refractivity (Wildman–Crippen MR) is 66.4 cm³/mol. The molecule has 0 spiro atoms. The summed E-state index contributed by atoms with van der Waals surface area (Å²) in [7, 11) is -2.93. The van der Waals surface area contributed by atoms with Crippen molar-refractivity contribution in [2.24, 2.45) is 0 Å². The van der Waals surface area contributed by atoms with Crippen molar-refractivity contribution in [2.75, 3.05) is 19.8 Å². The molecule has 2 rings (SSSR count). The first-order valence-electron chi connectivity index (χ1n) is 6.61. The molecule has 1 saturated heterocycles. The van der Waals surface area contributed by atoms with Crippen molar-refractivity contribution >= 4 is 7.60 Å². The largest absolute Gasteiger partial charge is 0.367 e. The van der Waals surface area contributed by atoms with Crippen molar-refractivity contribution in [3.63, 3.8) is 0 Å². The maximum absolute atomic E-state index is 12.7. The van der Waals surface area contributed by atoms with E-state index in [9.17, 15) is 4.57 Å². The van der Waals surface area contributed by atoms with Crippen LogP contribution < -0.4 is 0 Å². The smallest absolute Gasteiger partial charge is 0.333 e. The number of rotatable bonds is 6. The molecule has 0 amide bonds. The van der Waals surface area contributed by atoms with E-state index in [1.807, 2.05) is 13.8 Å². The van der Waals surface area contributed by atoms with Gasteiger partial charge >= 0.3 is 7.60 Å². The van der Waals surface area contributed by atoms with Gasteiger partial charge < -0.3 is 13.8 Å². The molecule has 0 radical (unpaired) electrons. The third-order valence-corrected chi connectivity index (χ3v) is 6.04. The Morgan fingerprint density at radius 2 is 1.94 bits per heavy atom. The van der Waals surface area contributed by atoms with Crippen LogP contribution in [0, 0.1) is 0 Å². The maximum Gasteiger partial charge on any atom is 0.333 e. The van der Waals surface area contributed by atoms with Crippen LogP contribution >= 0.6 is 7.60 Å². The summed E-state index contributed by atoms with van der Waals surface area (Å²) in [5, 5.41) is 0. The van der Waals surface area contributed by atoms with Gasteiger partial charge in [-0.25, -0.2) is 0 Å². The summed E-state index contributed by atoms with van der Waals surface area (Å²) in [6.45, 7) is 5.38. The molecule has 2 atom stereocenters. The zero-order valence-corrected chi connectivity index (χ0v) is 11.7. The number of hydrogen-bond acceptors (Lipinski definition) is 4. The molecule has 2 unspecified atom stereocenters. The summed E-state index contributed by atoms with van der Waals surface area (Å²) < 4.78 is 29.1. The highest BCUT2D eigenvalue weighted by atomic mass is 31.2. The lowest BCUT2D eigenvalue weighted by molar-refractivity contribution is 0.154. The fourth-order valence-corrected chi connectivity index (χ4v) is 4.57. The number of ether oxygens (including phenoxy) is 1. The Morgan fingerprint density at radius 3 is 2.47 bits per heavy atom. The van der Waals surface area contributed by atoms with Gasteiger partial charge in [0.2, 0.25) is 0 Å². The summed E-state index contributed by atoms with van der Waals surface area (Å²) in [4.78, 5) is 0. The summed E-state index contributed by atoms with van der Waals surface area (Å²) in [5.74, 6) is 0. The van der Waals surface area contributed by atoms with Crippen LogP contribution in [0.1, 0.15) is 46.0 Å². The number of hydrogen-bond donors (Lipinski definition) is 0. The Bertz CT molecular complexity index is 295. The Hall–Kier alpha value is 0.110. The molecule has 1 saturated carbocycles. The average Bonchev–Trinajstić information content (AvgIpc) is 3.07. The summed E-state index contributed by atoms with van der Waals surface area (Å²) in [6, 6.07) is 0. The standard InChI is InChI=1S/C12H23O4P/c1-3-15-17(13,11-7-5-4-6-8-11)16-10-12(2)9-14-12/h11H,3-10H2,1-2H3. The van der Waals surface area contributed by atoms with E-state index in [2.05, 4.69) is 0 Å². The van der Waals surface area contributed by atoms with Gasteiger partial charge in [0.1, 0.15) is 5.60 Å². The maximum atomic E-state index is 12.7. The first-order valence-corrected chi connectivity index (χ1v) is 8.22. The summed E-state index contributed by atoms with van der Waals surface area (Å²) in [6.07, 6.45) is 5.45. The minimum Gasteiger partial charge on any atom is -0.367 e. The highest BCUT2D eigenvalue weighted by molar-refractivity contribution is 7.54. The molecular weight excluding hydrogens is 239 g/mol. The zero-order chi connectivity index (χ0) is 12.4. The fourth-order valence-electron chi connectivity index (χ4n) is 2.26. The molecule has 2 aliphatic rings. The fraction of sp³-hybridized carbons (Fsp3) is 1.00. The minimum atomic E-state index is -2.93.